The second kappa shape index (κ2) is 7.22. The minimum absolute atomic E-state index is 0.0671. The Balaban J connectivity index is 1.82. The van der Waals surface area contributed by atoms with Crippen molar-refractivity contribution in [3.05, 3.63) is 30.1 Å². The summed E-state index contributed by atoms with van der Waals surface area (Å²) in [6.45, 7) is 2.47. The molecular formula is C15H20FN3O3. The van der Waals surface area contributed by atoms with Gasteiger partial charge in [-0.25, -0.2) is 4.39 Å². The molecule has 1 N–H and O–H groups in total. The average molecular weight is 309 g/mol. The normalized spacial score (nSPS) is 15.2. The van der Waals surface area contributed by atoms with E-state index in [1.807, 2.05) is 0 Å². The zero-order chi connectivity index (χ0) is 16.1. The molecule has 22 heavy (non-hydrogen) atoms. The zero-order valence-corrected chi connectivity index (χ0v) is 12.5. The minimum Gasteiger partial charge on any atom is -0.480 e. The molecule has 0 spiro atoms. The van der Waals surface area contributed by atoms with Gasteiger partial charge in [-0.1, -0.05) is 0 Å². The van der Waals surface area contributed by atoms with E-state index in [9.17, 15) is 14.0 Å². The van der Waals surface area contributed by atoms with E-state index in [2.05, 4.69) is 4.90 Å². The molecule has 0 bridgehead atoms. The van der Waals surface area contributed by atoms with Crippen molar-refractivity contribution < 1.29 is 19.1 Å². The van der Waals surface area contributed by atoms with Gasteiger partial charge in [-0.15, -0.1) is 0 Å². The molecule has 1 aromatic rings. The molecule has 1 aliphatic heterocycles. The van der Waals surface area contributed by atoms with Crippen molar-refractivity contribution in [2.75, 3.05) is 51.2 Å². The first-order valence-electron chi connectivity index (χ1n) is 7.14. The number of halogens is 1. The number of hydrogen-bond acceptors (Lipinski definition) is 4. The van der Waals surface area contributed by atoms with E-state index in [0.717, 1.165) is 5.69 Å². The summed E-state index contributed by atoms with van der Waals surface area (Å²) in [5.41, 5.74) is 0.941. The molecule has 0 unspecified atom stereocenters. The number of hydrogen-bond donors (Lipinski definition) is 1. The van der Waals surface area contributed by atoms with Gasteiger partial charge in [-0.2, -0.15) is 0 Å². The molecule has 1 amide bonds. The summed E-state index contributed by atoms with van der Waals surface area (Å²) in [7, 11) is 1.61. The quantitative estimate of drug-likeness (QED) is 0.858. The van der Waals surface area contributed by atoms with Crippen LogP contribution < -0.4 is 4.90 Å². The van der Waals surface area contributed by atoms with Crippen molar-refractivity contribution in [2.45, 2.75) is 0 Å². The average Bonchev–Trinajstić information content (AvgIpc) is 2.47. The topological polar surface area (TPSA) is 64.1 Å². The number of likely N-dealkylation sites (N-methyl/N-ethyl adjacent to an activating group) is 1. The van der Waals surface area contributed by atoms with Gasteiger partial charge in [0.15, 0.2) is 0 Å². The highest BCUT2D eigenvalue weighted by Crippen LogP contribution is 2.16. The Labute approximate surface area is 128 Å². The molecule has 7 heteroatoms. The molecule has 0 radical (unpaired) electrons. The monoisotopic (exact) mass is 309 g/mol. The highest BCUT2D eigenvalue weighted by molar-refractivity contribution is 5.79. The van der Waals surface area contributed by atoms with Gasteiger partial charge in [0.1, 0.15) is 5.82 Å². The van der Waals surface area contributed by atoms with Crippen molar-refractivity contribution in [2.24, 2.45) is 0 Å². The number of carbonyl (C=O) groups is 2. The number of carbonyl (C=O) groups excluding carboxylic acids is 1. The third-order valence-corrected chi connectivity index (χ3v) is 3.63. The lowest BCUT2D eigenvalue weighted by Gasteiger charge is -2.36. The number of anilines is 1. The lowest BCUT2D eigenvalue weighted by Crippen LogP contribution is -2.51. The maximum absolute atomic E-state index is 12.9. The van der Waals surface area contributed by atoms with Crippen LogP contribution >= 0.6 is 0 Å². The molecule has 1 aliphatic rings. The van der Waals surface area contributed by atoms with Gasteiger partial charge in [0.2, 0.25) is 5.91 Å². The molecule has 1 saturated heterocycles. The lowest BCUT2D eigenvalue weighted by molar-refractivity contribution is -0.139. The van der Waals surface area contributed by atoms with Crippen LogP contribution in [0.3, 0.4) is 0 Å². The molecule has 1 fully saturated rings. The molecule has 0 aromatic heterocycles. The standard InChI is InChI=1S/C15H20FN3O3/c1-17(11-15(21)22)10-14(20)19-8-6-18(7-9-19)13-4-2-12(16)3-5-13/h2-5H,6-11H2,1H3,(H,21,22). The van der Waals surface area contributed by atoms with Crippen LogP contribution in [0, 0.1) is 5.82 Å². The molecule has 120 valence electrons. The van der Waals surface area contributed by atoms with Crippen LogP contribution in [0.2, 0.25) is 0 Å². The van der Waals surface area contributed by atoms with E-state index in [1.165, 1.54) is 17.0 Å². The Morgan fingerprint density at radius 3 is 2.27 bits per heavy atom. The summed E-state index contributed by atoms with van der Waals surface area (Å²) in [6.07, 6.45) is 0. The van der Waals surface area contributed by atoms with Crippen LogP contribution in [0.25, 0.3) is 0 Å². The van der Waals surface area contributed by atoms with Gasteiger partial charge in [0.05, 0.1) is 13.1 Å². The third-order valence-electron chi connectivity index (χ3n) is 3.63. The third kappa shape index (κ3) is 4.42. The van der Waals surface area contributed by atoms with Crippen molar-refractivity contribution in [3.8, 4) is 0 Å². The van der Waals surface area contributed by atoms with Crippen LogP contribution in [0.4, 0.5) is 10.1 Å². The number of benzene rings is 1. The van der Waals surface area contributed by atoms with Crippen molar-refractivity contribution in [1.82, 2.24) is 9.80 Å². The summed E-state index contributed by atoms with van der Waals surface area (Å²) < 4.78 is 12.9. The van der Waals surface area contributed by atoms with Crippen LogP contribution in [0.15, 0.2) is 24.3 Å². The first-order chi connectivity index (χ1) is 10.5. The van der Waals surface area contributed by atoms with E-state index in [1.54, 1.807) is 24.1 Å². The van der Waals surface area contributed by atoms with Gasteiger partial charge in [0, 0.05) is 31.9 Å². The van der Waals surface area contributed by atoms with Crippen LogP contribution in [-0.2, 0) is 9.59 Å². The second-order valence-corrected chi connectivity index (χ2v) is 5.41. The minimum atomic E-state index is -0.948. The Bertz CT molecular complexity index is 527. The number of piperazine rings is 1. The van der Waals surface area contributed by atoms with Crippen molar-refractivity contribution in [3.63, 3.8) is 0 Å². The lowest BCUT2D eigenvalue weighted by atomic mass is 10.2. The first-order valence-corrected chi connectivity index (χ1v) is 7.14. The number of rotatable bonds is 5. The molecule has 0 aliphatic carbocycles. The van der Waals surface area contributed by atoms with E-state index >= 15 is 0 Å². The number of carboxylic acid groups (broad SMARTS) is 1. The molecule has 2 rings (SSSR count). The first kappa shape index (κ1) is 16.2. The van der Waals surface area contributed by atoms with Crippen molar-refractivity contribution >= 4 is 17.6 Å². The number of aliphatic carboxylic acids is 1. The molecule has 0 saturated carbocycles. The fourth-order valence-electron chi connectivity index (χ4n) is 2.48. The second-order valence-electron chi connectivity index (χ2n) is 5.41. The SMILES string of the molecule is CN(CC(=O)O)CC(=O)N1CCN(c2ccc(F)cc2)CC1. The van der Waals surface area contributed by atoms with Gasteiger partial charge in [0.25, 0.3) is 0 Å². The Morgan fingerprint density at radius 2 is 1.73 bits per heavy atom. The number of amides is 1. The van der Waals surface area contributed by atoms with Crippen LogP contribution in [-0.4, -0.2) is 73.1 Å². The van der Waals surface area contributed by atoms with E-state index in [0.29, 0.717) is 26.2 Å². The number of carboxylic acids is 1. The van der Waals surface area contributed by atoms with Crippen molar-refractivity contribution in [1.29, 1.82) is 0 Å². The fraction of sp³-hybridized carbons (Fsp3) is 0.467. The van der Waals surface area contributed by atoms with Gasteiger partial charge in [-0.05, 0) is 31.3 Å². The Morgan fingerprint density at radius 1 is 1.14 bits per heavy atom. The maximum Gasteiger partial charge on any atom is 0.317 e. The maximum atomic E-state index is 12.9. The largest absolute Gasteiger partial charge is 0.480 e. The van der Waals surface area contributed by atoms with E-state index < -0.39 is 5.97 Å². The number of nitrogens with zero attached hydrogens (tertiary/aromatic N) is 3. The highest BCUT2D eigenvalue weighted by atomic mass is 19.1. The van der Waals surface area contributed by atoms with Crippen LogP contribution in [0.5, 0.6) is 0 Å². The Hall–Kier alpha value is -2.15. The fourth-order valence-corrected chi connectivity index (χ4v) is 2.48. The summed E-state index contributed by atoms with van der Waals surface area (Å²) in [6, 6.07) is 6.31. The smallest absolute Gasteiger partial charge is 0.317 e. The molecule has 1 heterocycles. The highest BCUT2D eigenvalue weighted by Gasteiger charge is 2.22. The zero-order valence-electron chi connectivity index (χ0n) is 12.5. The summed E-state index contributed by atoms with van der Waals surface area (Å²) in [5, 5.41) is 8.69. The van der Waals surface area contributed by atoms with E-state index in [4.69, 9.17) is 5.11 Å². The van der Waals surface area contributed by atoms with E-state index in [-0.39, 0.29) is 24.8 Å². The Kier molecular flexibility index (Phi) is 5.32. The van der Waals surface area contributed by atoms with Gasteiger partial charge < -0.3 is 14.9 Å². The van der Waals surface area contributed by atoms with Gasteiger partial charge in [-0.3, -0.25) is 14.5 Å². The molecular weight excluding hydrogens is 289 g/mol. The molecule has 0 atom stereocenters. The molecule has 6 nitrogen and oxygen atoms in total. The summed E-state index contributed by atoms with van der Waals surface area (Å²) >= 11 is 0. The van der Waals surface area contributed by atoms with Gasteiger partial charge >= 0.3 is 5.97 Å². The summed E-state index contributed by atoms with van der Waals surface area (Å²) in [5.74, 6) is -1.28. The predicted molar refractivity (Wildman–Crippen MR) is 80.3 cm³/mol. The summed E-state index contributed by atoms with van der Waals surface area (Å²) in [4.78, 5) is 28.0. The predicted octanol–water partition coefficient (Wildman–Crippen LogP) is 0.491. The van der Waals surface area contributed by atoms with Crippen LogP contribution in [0.1, 0.15) is 0 Å². The molecule has 1 aromatic carbocycles.